The summed E-state index contributed by atoms with van der Waals surface area (Å²) >= 11 is 5.09. The number of benzene rings is 2. The van der Waals surface area contributed by atoms with Crippen LogP contribution in [-0.2, 0) is 0 Å². The van der Waals surface area contributed by atoms with Crippen LogP contribution in [0.25, 0.3) is 17.3 Å². The van der Waals surface area contributed by atoms with Crippen molar-refractivity contribution >= 4 is 39.5 Å². The van der Waals surface area contributed by atoms with E-state index in [1.807, 2.05) is 43.3 Å². The van der Waals surface area contributed by atoms with Crippen molar-refractivity contribution in [1.82, 2.24) is 15.2 Å². The summed E-state index contributed by atoms with van der Waals surface area (Å²) in [5.41, 5.74) is 4.64. The van der Waals surface area contributed by atoms with Gasteiger partial charge in [0.25, 0.3) is 0 Å². The maximum atomic E-state index is 6.28. The number of aromatic nitrogens is 3. The van der Waals surface area contributed by atoms with Crippen LogP contribution in [0.4, 0.5) is 5.69 Å². The lowest BCUT2D eigenvalue weighted by Crippen LogP contribution is -2.27. The van der Waals surface area contributed by atoms with Gasteiger partial charge in [0.05, 0.1) is 0 Å². The largest absolute Gasteiger partial charge is 0.448 e. The number of rotatable bonds is 4. The molecular formula is C21H19BrN4OS. The fourth-order valence-corrected chi connectivity index (χ4v) is 3.82. The van der Waals surface area contributed by atoms with Gasteiger partial charge >= 0.3 is 0 Å². The summed E-state index contributed by atoms with van der Waals surface area (Å²) in [5.74, 6) is 1.36. The average Bonchev–Trinajstić information content (AvgIpc) is 2.85. The van der Waals surface area contributed by atoms with Gasteiger partial charge in [0, 0.05) is 15.7 Å². The smallest absolute Gasteiger partial charge is 0.247 e. The lowest BCUT2D eigenvalue weighted by molar-refractivity contribution is 0.255. The van der Waals surface area contributed by atoms with Crippen molar-refractivity contribution in [2.24, 2.45) is 0 Å². The Labute approximate surface area is 176 Å². The average molecular weight is 455 g/mol. The van der Waals surface area contributed by atoms with E-state index in [4.69, 9.17) is 4.74 Å². The molecule has 1 aliphatic rings. The molecule has 1 N–H and O–H groups in total. The fraction of sp³-hybridized carbons (Fsp3) is 0.190. The molecule has 0 saturated heterocycles. The van der Waals surface area contributed by atoms with E-state index < -0.39 is 0 Å². The molecule has 1 aliphatic heterocycles. The van der Waals surface area contributed by atoms with Gasteiger partial charge in [-0.2, -0.15) is 4.98 Å². The Kier molecular flexibility index (Phi) is 5.64. The second kappa shape index (κ2) is 8.32. The van der Waals surface area contributed by atoms with Crippen molar-refractivity contribution in [1.29, 1.82) is 0 Å². The minimum atomic E-state index is -0.363. The zero-order chi connectivity index (χ0) is 19.5. The van der Waals surface area contributed by atoms with Crippen molar-refractivity contribution in [2.75, 3.05) is 11.1 Å². The maximum absolute atomic E-state index is 6.28. The SMILES string of the molecule is CCSc1nnc2c(n1)OC(C(C)=Cc1ccccc1)Nc1ccc(Br)cc1-2. The predicted octanol–water partition coefficient (Wildman–Crippen LogP) is 5.65. The Hall–Kier alpha value is -2.38. The zero-order valence-corrected chi connectivity index (χ0v) is 17.9. The highest BCUT2D eigenvalue weighted by Gasteiger charge is 2.26. The number of ether oxygens (including phenoxy) is 1. The summed E-state index contributed by atoms with van der Waals surface area (Å²) < 4.78 is 7.24. The third-order valence-electron chi connectivity index (χ3n) is 4.27. The Morgan fingerprint density at radius 2 is 2.04 bits per heavy atom. The molecule has 0 fully saturated rings. The van der Waals surface area contributed by atoms with E-state index in [0.717, 1.165) is 32.6 Å². The van der Waals surface area contributed by atoms with E-state index in [1.54, 1.807) is 11.8 Å². The van der Waals surface area contributed by atoms with Crippen molar-refractivity contribution in [3.63, 3.8) is 0 Å². The number of halogens is 1. The van der Waals surface area contributed by atoms with Crippen molar-refractivity contribution in [3.05, 3.63) is 64.1 Å². The number of nitrogens with one attached hydrogen (secondary N) is 1. The van der Waals surface area contributed by atoms with Gasteiger partial charge in [0.15, 0.2) is 11.9 Å². The highest BCUT2D eigenvalue weighted by atomic mass is 79.9. The molecule has 5 nitrogen and oxygen atoms in total. The van der Waals surface area contributed by atoms with Crippen LogP contribution in [0.2, 0.25) is 0 Å². The monoisotopic (exact) mass is 454 g/mol. The molecule has 1 atom stereocenters. The third-order valence-corrected chi connectivity index (χ3v) is 5.48. The van der Waals surface area contributed by atoms with Crippen molar-refractivity contribution < 1.29 is 4.74 Å². The number of hydrogen-bond acceptors (Lipinski definition) is 6. The van der Waals surface area contributed by atoms with Gasteiger partial charge in [-0.1, -0.05) is 71.0 Å². The second-order valence-electron chi connectivity index (χ2n) is 6.31. The van der Waals surface area contributed by atoms with Crippen molar-refractivity contribution in [3.8, 4) is 17.1 Å². The normalized spacial score (nSPS) is 15.7. The van der Waals surface area contributed by atoms with Gasteiger partial charge in [-0.15, -0.1) is 10.2 Å². The van der Waals surface area contributed by atoms with Crippen LogP contribution < -0.4 is 10.1 Å². The van der Waals surface area contributed by atoms with Crippen LogP contribution in [0.3, 0.4) is 0 Å². The molecule has 0 bridgehead atoms. The van der Waals surface area contributed by atoms with E-state index in [1.165, 1.54) is 0 Å². The minimum Gasteiger partial charge on any atom is -0.448 e. The van der Waals surface area contributed by atoms with Gasteiger partial charge in [-0.05, 0) is 42.0 Å². The van der Waals surface area contributed by atoms with Crippen LogP contribution in [0.1, 0.15) is 19.4 Å². The molecule has 28 heavy (non-hydrogen) atoms. The summed E-state index contributed by atoms with van der Waals surface area (Å²) in [6, 6.07) is 16.2. The first-order chi connectivity index (χ1) is 13.6. The number of anilines is 1. The van der Waals surface area contributed by atoms with E-state index in [0.29, 0.717) is 16.7 Å². The first kappa shape index (κ1) is 19.0. The Balaban J connectivity index is 1.79. The standard InChI is InChI=1S/C21H19BrN4OS/c1-3-28-21-24-20-18(25-26-21)16-12-15(22)9-10-17(16)23-19(27-20)13(2)11-14-7-5-4-6-8-14/h4-12,19,23H,3H2,1-2H3. The Morgan fingerprint density at radius 3 is 2.82 bits per heavy atom. The van der Waals surface area contributed by atoms with Crippen molar-refractivity contribution in [2.45, 2.75) is 25.2 Å². The molecule has 1 unspecified atom stereocenters. The van der Waals surface area contributed by atoms with Gasteiger partial charge in [-0.25, -0.2) is 0 Å². The summed E-state index contributed by atoms with van der Waals surface area (Å²) in [7, 11) is 0. The first-order valence-corrected chi connectivity index (χ1v) is 10.8. The molecule has 4 rings (SSSR count). The van der Waals surface area contributed by atoms with E-state index in [-0.39, 0.29) is 6.23 Å². The van der Waals surface area contributed by atoms with Gasteiger partial charge in [0.1, 0.15) is 0 Å². The molecule has 0 spiro atoms. The summed E-state index contributed by atoms with van der Waals surface area (Å²) in [6.45, 7) is 4.11. The van der Waals surface area contributed by atoms with Crippen LogP contribution >= 0.6 is 27.7 Å². The lowest BCUT2D eigenvalue weighted by atomic mass is 10.1. The highest BCUT2D eigenvalue weighted by Crippen LogP contribution is 2.38. The predicted molar refractivity (Wildman–Crippen MR) is 117 cm³/mol. The molecule has 142 valence electrons. The van der Waals surface area contributed by atoms with Crippen LogP contribution in [-0.4, -0.2) is 27.2 Å². The Morgan fingerprint density at radius 1 is 1.21 bits per heavy atom. The molecule has 1 aromatic heterocycles. The highest BCUT2D eigenvalue weighted by molar-refractivity contribution is 9.10. The first-order valence-electron chi connectivity index (χ1n) is 8.98. The second-order valence-corrected chi connectivity index (χ2v) is 8.46. The topological polar surface area (TPSA) is 59.9 Å². The van der Waals surface area contributed by atoms with Crippen LogP contribution in [0.5, 0.6) is 5.88 Å². The minimum absolute atomic E-state index is 0.363. The maximum Gasteiger partial charge on any atom is 0.247 e. The molecule has 0 aliphatic carbocycles. The molecule has 0 amide bonds. The third kappa shape index (κ3) is 4.05. The quantitative estimate of drug-likeness (QED) is 0.514. The molecule has 0 radical (unpaired) electrons. The van der Waals surface area contributed by atoms with Crippen LogP contribution in [0, 0.1) is 0 Å². The van der Waals surface area contributed by atoms with Crippen LogP contribution in [0.15, 0.2) is 63.7 Å². The molecular weight excluding hydrogens is 436 g/mol. The number of thioether (sulfide) groups is 1. The lowest BCUT2D eigenvalue weighted by Gasteiger charge is -2.20. The molecule has 0 saturated carbocycles. The van der Waals surface area contributed by atoms with Gasteiger partial charge in [0.2, 0.25) is 11.0 Å². The molecule has 2 heterocycles. The molecule has 2 aromatic carbocycles. The van der Waals surface area contributed by atoms with Gasteiger partial charge in [-0.3, -0.25) is 0 Å². The number of fused-ring (bicyclic) bond motifs is 3. The summed E-state index contributed by atoms with van der Waals surface area (Å²) in [5, 5.41) is 12.8. The van der Waals surface area contributed by atoms with E-state index in [9.17, 15) is 0 Å². The fourth-order valence-electron chi connectivity index (χ4n) is 2.95. The summed E-state index contributed by atoms with van der Waals surface area (Å²) in [4.78, 5) is 4.62. The number of nitrogens with zero attached hydrogens (tertiary/aromatic N) is 3. The van der Waals surface area contributed by atoms with E-state index >= 15 is 0 Å². The summed E-state index contributed by atoms with van der Waals surface area (Å²) in [6.07, 6.45) is 1.75. The Bertz CT molecular complexity index is 1030. The van der Waals surface area contributed by atoms with Gasteiger partial charge < -0.3 is 10.1 Å². The number of hydrogen-bond donors (Lipinski definition) is 1. The molecule has 3 aromatic rings. The van der Waals surface area contributed by atoms with E-state index in [2.05, 4.69) is 61.6 Å². The molecule has 7 heteroatoms. The zero-order valence-electron chi connectivity index (χ0n) is 15.5.